The quantitative estimate of drug-likeness (QED) is 0.206. The summed E-state index contributed by atoms with van der Waals surface area (Å²) in [6, 6.07) is 16.2. The number of aromatic nitrogens is 4. The van der Waals surface area contributed by atoms with Crippen LogP contribution in [0, 0.1) is 5.92 Å². The number of carbonyl (C=O) groups excluding carboxylic acids is 1. The molecular formula is C33H39N7O3. The van der Waals surface area contributed by atoms with Gasteiger partial charge in [-0.15, -0.1) is 0 Å². The van der Waals surface area contributed by atoms with Gasteiger partial charge in [0.25, 0.3) is 0 Å². The number of likely N-dealkylation sites (tertiary alicyclic amines) is 1. The maximum Gasteiger partial charge on any atom is 0.407 e. The predicted octanol–water partition coefficient (Wildman–Crippen LogP) is 5.86. The first-order valence-electron chi connectivity index (χ1n) is 15.1. The van der Waals surface area contributed by atoms with E-state index < -0.39 is 12.1 Å². The van der Waals surface area contributed by atoms with Gasteiger partial charge in [-0.3, -0.25) is 9.69 Å². The third-order valence-corrected chi connectivity index (χ3v) is 8.76. The Bertz CT molecular complexity index is 1570. The molecule has 0 radical (unpaired) electrons. The van der Waals surface area contributed by atoms with Crippen molar-refractivity contribution in [1.82, 2.24) is 35.1 Å². The normalized spacial score (nSPS) is 19.2. The molecule has 4 aromatic rings. The summed E-state index contributed by atoms with van der Waals surface area (Å²) in [6.07, 6.45) is 6.55. The van der Waals surface area contributed by atoms with Crippen LogP contribution in [0.2, 0.25) is 0 Å². The lowest BCUT2D eigenvalue weighted by Gasteiger charge is -2.33. The molecule has 0 aliphatic carbocycles. The summed E-state index contributed by atoms with van der Waals surface area (Å²) in [7, 11) is 1.46. The Kier molecular flexibility index (Phi) is 8.03. The second kappa shape index (κ2) is 12.0. The van der Waals surface area contributed by atoms with Crippen molar-refractivity contribution in [3.63, 3.8) is 0 Å². The molecule has 2 amide bonds. The third kappa shape index (κ3) is 5.79. The molecule has 6 rings (SSSR count). The molecule has 4 N–H and O–H groups in total. The van der Waals surface area contributed by atoms with Crippen LogP contribution in [0.15, 0.2) is 60.9 Å². The molecule has 0 bridgehead atoms. The Balaban J connectivity index is 1.14. The largest absolute Gasteiger partial charge is 0.465 e. The lowest BCUT2D eigenvalue weighted by atomic mass is 10.0. The molecule has 0 saturated carbocycles. The van der Waals surface area contributed by atoms with Gasteiger partial charge in [0.15, 0.2) is 0 Å². The number of benzene rings is 2. The van der Waals surface area contributed by atoms with Crippen LogP contribution in [0.25, 0.3) is 33.6 Å². The summed E-state index contributed by atoms with van der Waals surface area (Å²) < 4.78 is 0. The van der Waals surface area contributed by atoms with Crippen LogP contribution in [-0.4, -0.2) is 73.0 Å². The zero-order valence-electron chi connectivity index (χ0n) is 24.9. The molecule has 0 spiro atoms. The zero-order chi connectivity index (χ0) is 30.1. The number of hydrogen-bond acceptors (Lipinski definition) is 5. The standard InChI is InChI=1S/C33H39N7O3/c1-20(2)29(39(3)33(42)43)32(41)40-17-5-7-28(40)31-36-19-27(38-31)24-14-10-22(11-15-24)21-8-12-23(13-9-21)26-18-35-30(37-26)25-6-4-16-34-25/h8-15,18-20,25,28-29,34H,4-7,16-17H2,1-3H3,(H,35,37)(H,36,38)(H,42,43)/t25-,28-,29-/m0/s1. The lowest BCUT2D eigenvalue weighted by molar-refractivity contribution is -0.138. The van der Waals surface area contributed by atoms with E-state index in [0.717, 1.165) is 76.0 Å². The van der Waals surface area contributed by atoms with Crippen molar-refractivity contribution in [2.75, 3.05) is 20.1 Å². The average molecular weight is 582 g/mol. The van der Waals surface area contributed by atoms with Crippen molar-refractivity contribution < 1.29 is 14.7 Å². The van der Waals surface area contributed by atoms with Crippen LogP contribution in [0.3, 0.4) is 0 Å². The van der Waals surface area contributed by atoms with Crippen LogP contribution in [-0.2, 0) is 4.79 Å². The molecule has 4 heterocycles. The molecule has 224 valence electrons. The molecule has 2 aliphatic heterocycles. The maximum absolute atomic E-state index is 13.5. The molecule has 10 nitrogen and oxygen atoms in total. The highest BCUT2D eigenvalue weighted by molar-refractivity contribution is 5.86. The van der Waals surface area contributed by atoms with Crippen molar-refractivity contribution in [2.24, 2.45) is 5.92 Å². The van der Waals surface area contributed by atoms with E-state index in [1.165, 1.54) is 13.5 Å². The van der Waals surface area contributed by atoms with Gasteiger partial charge in [-0.05, 0) is 60.4 Å². The van der Waals surface area contributed by atoms with Crippen LogP contribution in [0.1, 0.15) is 63.3 Å². The fraction of sp³-hybridized carbons (Fsp3) is 0.394. The first kappa shape index (κ1) is 28.7. The number of hydrogen-bond donors (Lipinski definition) is 4. The average Bonchev–Trinajstić information content (AvgIpc) is 3.83. The third-order valence-electron chi connectivity index (χ3n) is 8.76. The molecule has 2 aromatic carbocycles. The SMILES string of the molecule is CC(C)[C@@H](C(=O)N1CCC[C@H]1c1ncc(-c2ccc(-c3ccc(-c4cnc([C@@H]5CCCN5)[nH]4)cc3)cc2)[nH]1)N(C)C(=O)O. The molecule has 2 aromatic heterocycles. The van der Waals surface area contributed by atoms with Gasteiger partial charge in [0.2, 0.25) is 5.91 Å². The number of rotatable bonds is 8. The van der Waals surface area contributed by atoms with Crippen LogP contribution >= 0.6 is 0 Å². The van der Waals surface area contributed by atoms with Crippen LogP contribution in [0.5, 0.6) is 0 Å². The van der Waals surface area contributed by atoms with Crippen molar-refractivity contribution in [1.29, 1.82) is 0 Å². The second-order valence-corrected chi connectivity index (χ2v) is 11.9. The van der Waals surface area contributed by atoms with Gasteiger partial charge in [-0.1, -0.05) is 62.4 Å². The number of likely N-dealkylation sites (N-methyl/N-ethyl adjacent to an activating group) is 1. The molecule has 43 heavy (non-hydrogen) atoms. The first-order chi connectivity index (χ1) is 20.8. The zero-order valence-corrected chi connectivity index (χ0v) is 24.9. The van der Waals surface area contributed by atoms with Gasteiger partial charge < -0.3 is 25.3 Å². The van der Waals surface area contributed by atoms with Gasteiger partial charge in [0, 0.05) is 13.6 Å². The van der Waals surface area contributed by atoms with E-state index in [1.54, 1.807) is 4.90 Å². The number of carbonyl (C=O) groups is 2. The van der Waals surface area contributed by atoms with Gasteiger partial charge in [-0.2, -0.15) is 0 Å². The Labute approximate surface area is 251 Å². The molecule has 10 heteroatoms. The van der Waals surface area contributed by atoms with Crippen molar-refractivity contribution >= 4 is 12.0 Å². The predicted molar refractivity (Wildman–Crippen MR) is 165 cm³/mol. The number of carboxylic acid groups (broad SMARTS) is 1. The minimum atomic E-state index is -1.11. The fourth-order valence-electron chi connectivity index (χ4n) is 6.42. The van der Waals surface area contributed by atoms with E-state index >= 15 is 0 Å². The second-order valence-electron chi connectivity index (χ2n) is 11.9. The summed E-state index contributed by atoms with van der Waals surface area (Å²) in [5.41, 5.74) is 6.26. The molecule has 2 aliphatic rings. The number of nitrogens with one attached hydrogen (secondary N) is 3. The fourth-order valence-corrected chi connectivity index (χ4v) is 6.42. The number of amides is 2. The summed E-state index contributed by atoms with van der Waals surface area (Å²) in [6.45, 7) is 5.38. The maximum atomic E-state index is 13.5. The van der Waals surface area contributed by atoms with Crippen LogP contribution in [0.4, 0.5) is 4.79 Å². The molecule has 0 unspecified atom stereocenters. The Morgan fingerprint density at radius 3 is 1.95 bits per heavy atom. The number of imidazole rings is 2. The van der Waals surface area contributed by atoms with E-state index in [2.05, 4.69) is 73.8 Å². The number of nitrogens with zero attached hydrogens (tertiary/aromatic N) is 4. The molecule has 3 atom stereocenters. The van der Waals surface area contributed by atoms with E-state index in [-0.39, 0.29) is 17.9 Å². The summed E-state index contributed by atoms with van der Waals surface area (Å²) >= 11 is 0. The molecule has 2 saturated heterocycles. The topological polar surface area (TPSA) is 130 Å². The highest BCUT2D eigenvalue weighted by Gasteiger charge is 2.39. The monoisotopic (exact) mass is 581 g/mol. The Morgan fingerprint density at radius 1 is 0.860 bits per heavy atom. The highest BCUT2D eigenvalue weighted by atomic mass is 16.4. The van der Waals surface area contributed by atoms with Gasteiger partial charge in [0.05, 0.1) is 35.9 Å². The van der Waals surface area contributed by atoms with Gasteiger partial charge >= 0.3 is 6.09 Å². The minimum absolute atomic E-state index is 0.144. The van der Waals surface area contributed by atoms with Crippen molar-refractivity contribution in [3.8, 4) is 33.6 Å². The van der Waals surface area contributed by atoms with Gasteiger partial charge in [-0.25, -0.2) is 14.8 Å². The smallest absolute Gasteiger partial charge is 0.407 e. The van der Waals surface area contributed by atoms with Crippen molar-refractivity contribution in [2.45, 2.75) is 57.7 Å². The minimum Gasteiger partial charge on any atom is -0.465 e. The van der Waals surface area contributed by atoms with E-state index in [4.69, 9.17) is 0 Å². The van der Waals surface area contributed by atoms with Gasteiger partial charge in [0.1, 0.15) is 17.7 Å². The summed E-state index contributed by atoms with van der Waals surface area (Å²) in [5.74, 6) is 1.42. The first-order valence-corrected chi connectivity index (χ1v) is 15.1. The number of aromatic amines is 2. The summed E-state index contributed by atoms with van der Waals surface area (Å²) in [4.78, 5) is 44.2. The van der Waals surface area contributed by atoms with E-state index in [0.29, 0.717) is 12.6 Å². The van der Waals surface area contributed by atoms with E-state index in [9.17, 15) is 14.7 Å². The van der Waals surface area contributed by atoms with Crippen LogP contribution < -0.4 is 5.32 Å². The van der Waals surface area contributed by atoms with Crippen molar-refractivity contribution in [3.05, 3.63) is 72.6 Å². The Morgan fingerprint density at radius 2 is 1.42 bits per heavy atom. The number of H-pyrrole nitrogens is 2. The lowest BCUT2D eigenvalue weighted by Crippen LogP contribution is -2.51. The highest BCUT2D eigenvalue weighted by Crippen LogP contribution is 2.34. The molecular weight excluding hydrogens is 542 g/mol. The Hall–Kier alpha value is -4.44. The molecule has 2 fully saturated rings. The van der Waals surface area contributed by atoms with E-state index in [1.807, 2.05) is 26.2 Å². The summed E-state index contributed by atoms with van der Waals surface area (Å²) in [5, 5.41) is 13.0.